The third-order valence-corrected chi connectivity index (χ3v) is 6.75. The number of nitrogens with one attached hydrogen (secondary N) is 1. The number of nitrogens with zero attached hydrogens (tertiary/aromatic N) is 3. The molecule has 1 aromatic heterocycles. The van der Waals surface area contributed by atoms with Crippen molar-refractivity contribution < 1.29 is 9.53 Å². The van der Waals surface area contributed by atoms with Gasteiger partial charge in [-0.1, -0.05) is 6.07 Å². The van der Waals surface area contributed by atoms with Crippen molar-refractivity contribution in [2.75, 3.05) is 33.8 Å². The molecule has 1 aliphatic carbocycles. The van der Waals surface area contributed by atoms with Crippen molar-refractivity contribution in [2.24, 2.45) is 5.92 Å². The van der Waals surface area contributed by atoms with E-state index in [9.17, 15) is 4.79 Å². The standard InChI is InChI=1S/C24H36N4O2/c1-4-30-23-7-5-6-22-21(23)16-20-17-27(14-15-28(20)22)13-12-18-8-10-19(11-9-18)25-24(29)26(2)3/h5-7,16,18-19H,4,8-15,17H2,1-3H3,(H,25,29). The van der Waals surface area contributed by atoms with Crippen LogP contribution < -0.4 is 10.1 Å². The summed E-state index contributed by atoms with van der Waals surface area (Å²) in [6.45, 7) is 7.10. The fraction of sp³-hybridized carbons (Fsp3) is 0.625. The summed E-state index contributed by atoms with van der Waals surface area (Å²) in [6.07, 6.45) is 5.94. The summed E-state index contributed by atoms with van der Waals surface area (Å²) in [5.41, 5.74) is 2.70. The topological polar surface area (TPSA) is 49.7 Å². The average Bonchev–Trinajstić information content (AvgIpc) is 3.12. The summed E-state index contributed by atoms with van der Waals surface area (Å²) in [4.78, 5) is 16.1. The van der Waals surface area contributed by atoms with E-state index >= 15 is 0 Å². The van der Waals surface area contributed by atoms with E-state index in [2.05, 4.69) is 39.0 Å². The number of rotatable bonds is 6. The number of fused-ring (bicyclic) bond motifs is 3. The molecule has 1 N–H and O–H groups in total. The summed E-state index contributed by atoms with van der Waals surface area (Å²) in [7, 11) is 3.60. The molecule has 2 aromatic rings. The Hall–Kier alpha value is -2.21. The van der Waals surface area contributed by atoms with Crippen LogP contribution in [-0.2, 0) is 13.1 Å². The summed E-state index contributed by atoms with van der Waals surface area (Å²) in [5, 5.41) is 4.39. The van der Waals surface area contributed by atoms with E-state index in [1.54, 1.807) is 19.0 Å². The minimum absolute atomic E-state index is 0.0367. The van der Waals surface area contributed by atoms with Crippen LogP contribution in [-0.4, -0.2) is 60.2 Å². The molecule has 4 rings (SSSR count). The molecule has 0 spiro atoms. The zero-order chi connectivity index (χ0) is 21.1. The second-order valence-electron chi connectivity index (χ2n) is 9.04. The van der Waals surface area contributed by atoms with Gasteiger partial charge in [0.1, 0.15) is 5.75 Å². The number of benzene rings is 1. The van der Waals surface area contributed by atoms with Crippen LogP contribution in [0.5, 0.6) is 5.75 Å². The molecule has 164 valence electrons. The lowest BCUT2D eigenvalue weighted by molar-refractivity contribution is 0.184. The quantitative estimate of drug-likeness (QED) is 0.778. The first-order valence-electron chi connectivity index (χ1n) is 11.5. The lowest BCUT2D eigenvalue weighted by atomic mass is 9.84. The first kappa shape index (κ1) is 21.0. The van der Waals surface area contributed by atoms with Crippen molar-refractivity contribution in [3.8, 4) is 5.75 Å². The number of hydrogen-bond donors (Lipinski definition) is 1. The highest BCUT2D eigenvalue weighted by atomic mass is 16.5. The van der Waals surface area contributed by atoms with E-state index in [-0.39, 0.29) is 6.03 Å². The van der Waals surface area contributed by atoms with Gasteiger partial charge in [-0.15, -0.1) is 0 Å². The third kappa shape index (κ3) is 4.59. The maximum atomic E-state index is 11.8. The van der Waals surface area contributed by atoms with Crippen molar-refractivity contribution >= 4 is 16.9 Å². The second kappa shape index (κ2) is 9.29. The average molecular weight is 413 g/mol. The fourth-order valence-electron chi connectivity index (χ4n) is 4.99. The predicted octanol–water partition coefficient (Wildman–Crippen LogP) is 4.08. The molecule has 2 aliphatic rings. The zero-order valence-corrected chi connectivity index (χ0v) is 18.7. The molecule has 0 atom stereocenters. The van der Waals surface area contributed by atoms with Gasteiger partial charge in [-0.25, -0.2) is 4.79 Å². The lowest BCUT2D eigenvalue weighted by Gasteiger charge is -2.33. The van der Waals surface area contributed by atoms with Gasteiger partial charge >= 0.3 is 6.03 Å². The van der Waals surface area contributed by atoms with Crippen molar-refractivity contribution in [2.45, 2.75) is 58.2 Å². The van der Waals surface area contributed by atoms with Gasteiger partial charge in [-0.3, -0.25) is 4.90 Å². The summed E-state index contributed by atoms with van der Waals surface area (Å²) in [6, 6.07) is 9.10. The predicted molar refractivity (Wildman–Crippen MR) is 121 cm³/mol. The van der Waals surface area contributed by atoms with Gasteiger partial charge in [-0.2, -0.15) is 0 Å². The maximum Gasteiger partial charge on any atom is 0.317 e. The summed E-state index contributed by atoms with van der Waals surface area (Å²) in [5.74, 6) is 1.79. The molecule has 1 aliphatic heterocycles. The van der Waals surface area contributed by atoms with Gasteiger partial charge in [0.25, 0.3) is 0 Å². The maximum absolute atomic E-state index is 11.8. The Labute approximate surface area is 180 Å². The van der Waals surface area contributed by atoms with Crippen LogP contribution in [0.15, 0.2) is 24.3 Å². The first-order chi connectivity index (χ1) is 14.5. The lowest BCUT2D eigenvalue weighted by Crippen LogP contribution is -2.43. The molecule has 0 bridgehead atoms. The molecule has 1 aromatic carbocycles. The van der Waals surface area contributed by atoms with Crippen molar-refractivity contribution in [1.82, 2.24) is 19.7 Å². The number of carbonyl (C=O) groups is 1. The van der Waals surface area contributed by atoms with E-state index in [0.29, 0.717) is 12.6 Å². The highest BCUT2D eigenvalue weighted by Gasteiger charge is 2.25. The van der Waals surface area contributed by atoms with Crippen LogP contribution in [0.25, 0.3) is 10.9 Å². The monoisotopic (exact) mass is 412 g/mol. The van der Waals surface area contributed by atoms with E-state index in [1.165, 1.54) is 42.4 Å². The number of hydrogen-bond acceptors (Lipinski definition) is 3. The molecule has 6 heteroatoms. The molecular weight excluding hydrogens is 376 g/mol. The van der Waals surface area contributed by atoms with E-state index in [4.69, 9.17) is 4.74 Å². The Morgan fingerprint density at radius 1 is 1.20 bits per heavy atom. The van der Waals surface area contributed by atoms with Gasteiger partial charge < -0.3 is 19.5 Å². The van der Waals surface area contributed by atoms with Crippen LogP contribution in [0, 0.1) is 5.92 Å². The van der Waals surface area contributed by atoms with Gasteiger partial charge in [0.2, 0.25) is 0 Å². The van der Waals surface area contributed by atoms with Crippen LogP contribution in [0.3, 0.4) is 0 Å². The smallest absolute Gasteiger partial charge is 0.317 e. The van der Waals surface area contributed by atoms with E-state index in [1.807, 2.05) is 6.92 Å². The van der Waals surface area contributed by atoms with Gasteiger partial charge in [0.15, 0.2) is 0 Å². The molecule has 6 nitrogen and oxygen atoms in total. The second-order valence-corrected chi connectivity index (χ2v) is 9.04. The van der Waals surface area contributed by atoms with Gasteiger partial charge in [-0.05, 0) is 69.7 Å². The molecule has 1 fully saturated rings. The van der Waals surface area contributed by atoms with Crippen LogP contribution >= 0.6 is 0 Å². The van der Waals surface area contributed by atoms with Crippen molar-refractivity contribution in [1.29, 1.82) is 0 Å². The number of urea groups is 1. The zero-order valence-electron chi connectivity index (χ0n) is 18.7. The molecule has 0 saturated heterocycles. The highest BCUT2D eigenvalue weighted by molar-refractivity contribution is 5.87. The molecule has 30 heavy (non-hydrogen) atoms. The Morgan fingerprint density at radius 3 is 2.73 bits per heavy atom. The molecule has 0 radical (unpaired) electrons. The van der Waals surface area contributed by atoms with Crippen LogP contribution in [0.1, 0.15) is 44.7 Å². The minimum Gasteiger partial charge on any atom is -0.493 e. The molecular formula is C24H36N4O2. The highest BCUT2D eigenvalue weighted by Crippen LogP contribution is 2.32. The Kier molecular flexibility index (Phi) is 6.52. The van der Waals surface area contributed by atoms with E-state index in [0.717, 1.165) is 44.1 Å². The van der Waals surface area contributed by atoms with Crippen molar-refractivity contribution in [3.63, 3.8) is 0 Å². The Balaban J connectivity index is 1.29. The SMILES string of the molecule is CCOc1cccc2c1cc1n2CCN(CCC2CCC(NC(=O)N(C)C)CC2)C1. The van der Waals surface area contributed by atoms with Gasteiger partial charge in [0, 0.05) is 50.9 Å². The first-order valence-corrected chi connectivity index (χ1v) is 11.5. The molecule has 2 heterocycles. The van der Waals surface area contributed by atoms with Crippen LogP contribution in [0.2, 0.25) is 0 Å². The molecule has 0 unspecified atom stereocenters. The minimum atomic E-state index is 0.0367. The number of amides is 2. The number of aromatic nitrogens is 1. The van der Waals surface area contributed by atoms with Crippen LogP contribution in [0.4, 0.5) is 4.79 Å². The fourth-order valence-corrected chi connectivity index (χ4v) is 4.99. The Bertz CT molecular complexity index is 867. The summed E-state index contributed by atoms with van der Waals surface area (Å²) < 4.78 is 8.31. The molecule has 1 saturated carbocycles. The van der Waals surface area contributed by atoms with Crippen molar-refractivity contribution in [3.05, 3.63) is 30.0 Å². The van der Waals surface area contributed by atoms with E-state index < -0.39 is 0 Å². The Morgan fingerprint density at radius 2 is 2.00 bits per heavy atom. The number of ether oxygens (including phenoxy) is 1. The number of carbonyl (C=O) groups excluding carboxylic acids is 1. The third-order valence-electron chi connectivity index (χ3n) is 6.75. The summed E-state index contributed by atoms with van der Waals surface area (Å²) >= 11 is 0. The van der Waals surface area contributed by atoms with Gasteiger partial charge in [0.05, 0.1) is 12.1 Å². The molecule has 2 amide bonds. The normalized spacial score (nSPS) is 22.0. The largest absolute Gasteiger partial charge is 0.493 e.